The predicted octanol–water partition coefficient (Wildman–Crippen LogP) is 4.90. The number of nitrogens with zero attached hydrogens (tertiary/aromatic N) is 1. The summed E-state index contributed by atoms with van der Waals surface area (Å²) in [7, 11) is 0. The second-order valence-corrected chi connectivity index (χ2v) is 7.56. The molecule has 1 N–H and O–H groups in total. The zero-order chi connectivity index (χ0) is 18.1. The number of nitrogens with one attached hydrogen (secondary N) is 1. The topological polar surface area (TPSA) is 42.0 Å². The molecule has 0 bridgehead atoms. The van der Waals surface area contributed by atoms with Crippen LogP contribution < -0.4 is 5.32 Å². The highest BCUT2D eigenvalue weighted by atomic mass is 32.2. The highest BCUT2D eigenvalue weighted by molar-refractivity contribution is 8.00. The Kier molecular flexibility index (Phi) is 4.64. The third kappa shape index (κ3) is 3.44. The van der Waals surface area contributed by atoms with Gasteiger partial charge in [-0.3, -0.25) is 4.79 Å². The second-order valence-electron chi connectivity index (χ2n) is 6.59. The molecule has 0 aliphatic heterocycles. The van der Waals surface area contributed by atoms with E-state index in [2.05, 4.69) is 23.5 Å². The lowest BCUT2D eigenvalue weighted by atomic mass is 10.1. The number of para-hydroxylation sites is 1. The molecule has 1 aliphatic carbocycles. The molecule has 1 amide bonds. The molecule has 2 aromatic carbocycles. The molecule has 0 radical (unpaired) electrons. The number of thioether (sulfide) groups is 1. The van der Waals surface area contributed by atoms with Crippen molar-refractivity contribution >= 4 is 34.3 Å². The largest absolute Gasteiger partial charge is 0.323 e. The molecule has 0 unspecified atom stereocenters. The minimum absolute atomic E-state index is 0.193. The lowest BCUT2D eigenvalue weighted by Crippen LogP contribution is -2.15. The number of rotatable bonds is 4. The van der Waals surface area contributed by atoms with Crippen molar-refractivity contribution < 1.29 is 9.18 Å². The van der Waals surface area contributed by atoms with Crippen molar-refractivity contribution in [3.63, 3.8) is 0 Å². The van der Waals surface area contributed by atoms with E-state index in [-0.39, 0.29) is 17.3 Å². The number of halogens is 1. The van der Waals surface area contributed by atoms with Crippen molar-refractivity contribution in [2.45, 2.75) is 31.2 Å². The summed E-state index contributed by atoms with van der Waals surface area (Å²) in [5.41, 5.74) is 5.06. The van der Waals surface area contributed by atoms with Crippen LogP contribution in [0.3, 0.4) is 0 Å². The van der Waals surface area contributed by atoms with Gasteiger partial charge in [0, 0.05) is 5.39 Å². The SMILES string of the molecule is Cc1cc2cc3c(cc2nc1SCC(=O)Nc1ccccc1F)CCC3. The van der Waals surface area contributed by atoms with Crippen molar-refractivity contribution in [1.29, 1.82) is 0 Å². The van der Waals surface area contributed by atoms with Crippen LogP contribution in [0.5, 0.6) is 0 Å². The van der Waals surface area contributed by atoms with Crippen LogP contribution >= 0.6 is 11.8 Å². The monoisotopic (exact) mass is 366 g/mol. The summed E-state index contributed by atoms with van der Waals surface area (Å²) in [6.45, 7) is 2.01. The van der Waals surface area contributed by atoms with Gasteiger partial charge in [0.25, 0.3) is 0 Å². The van der Waals surface area contributed by atoms with E-state index >= 15 is 0 Å². The fourth-order valence-corrected chi connectivity index (χ4v) is 4.15. The van der Waals surface area contributed by atoms with Gasteiger partial charge in [0.2, 0.25) is 5.91 Å². The van der Waals surface area contributed by atoms with Gasteiger partial charge in [0.1, 0.15) is 10.8 Å². The van der Waals surface area contributed by atoms with E-state index in [4.69, 9.17) is 4.98 Å². The maximum atomic E-state index is 13.6. The van der Waals surface area contributed by atoms with Gasteiger partial charge in [-0.2, -0.15) is 0 Å². The van der Waals surface area contributed by atoms with Crippen molar-refractivity contribution in [2.24, 2.45) is 0 Å². The minimum atomic E-state index is -0.431. The second kappa shape index (κ2) is 7.08. The molecule has 1 aromatic heterocycles. The van der Waals surface area contributed by atoms with E-state index < -0.39 is 5.82 Å². The van der Waals surface area contributed by atoms with E-state index in [1.807, 2.05) is 6.92 Å². The van der Waals surface area contributed by atoms with Crippen molar-refractivity contribution in [2.75, 3.05) is 11.1 Å². The Bertz CT molecular complexity index is 1000. The molecule has 4 rings (SSSR count). The number of aromatic nitrogens is 1. The Labute approximate surface area is 156 Å². The normalized spacial score (nSPS) is 13.0. The summed E-state index contributed by atoms with van der Waals surface area (Å²) in [5.74, 6) is -0.478. The van der Waals surface area contributed by atoms with E-state index in [1.165, 1.54) is 35.4 Å². The molecule has 0 saturated carbocycles. The molecule has 3 nitrogen and oxygen atoms in total. The summed E-state index contributed by atoms with van der Waals surface area (Å²) >= 11 is 1.38. The number of carbonyl (C=O) groups excluding carboxylic acids is 1. The van der Waals surface area contributed by atoms with E-state index in [9.17, 15) is 9.18 Å². The number of hydrogen-bond donors (Lipinski definition) is 1. The third-order valence-electron chi connectivity index (χ3n) is 4.66. The Morgan fingerprint density at radius 2 is 1.96 bits per heavy atom. The summed E-state index contributed by atoms with van der Waals surface area (Å²) in [4.78, 5) is 16.9. The Morgan fingerprint density at radius 1 is 1.19 bits per heavy atom. The average Bonchev–Trinajstić information content (AvgIpc) is 3.07. The first-order valence-corrected chi connectivity index (χ1v) is 9.69. The quantitative estimate of drug-likeness (QED) is 0.668. The van der Waals surface area contributed by atoms with Gasteiger partial charge in [0.15, 0.2) is 0 Å². The van der Waals surface area contributed by atoms with Gasteiger partial charge in [-0.15, -0.1) is 0 Å². The molecular weight excluding hydrogens is 347 g/mol. The van der Waals surface area contributed by atoms with Crippen LogP contribution in [0.2, 0.25) is 0 Å². The molecule has 0 fully saturated rings. The summed E-state index contributed by atoms with van der Waals surface area (Å²) in [6, 6.07) is 12.7. The lowest BCUT2D eigenvalue weighted by Gasteiger charge is -2.10. The van der Waals surface area contributed by atoms with Crippen LogP contribution in [0, 0.1) is 12.7 Å². The molecular formula is C21H19FN2OS. The lowest BCUT2D eigenvalue weighted by molar-refractivity contribution is -0.113. The number of pyridine rings is 1. The Hall–Kier alpha value is -2.40. The molecule has 3 aromatic rings. The van der Waals surface area contributed by atoms with E-state index in [1.54, 1.807) is 18.2 Å². The van der Waals surface area contributed by atoms with Gasteiger partial charge >= 0.3 is 0 Å². The highest BCUT2D eigenvalue weighted by Crippen LogP contribution is 2.30. The minimum Gasteiger partial charge on any atom is -0.323 e. The van der Waals surface area contributed by atoms with Crippen molar-refractivity contribution in [1.82, 2.24) is 4.98 Å². The number of benzene rings is 2. The van der Waals surface area contributed by atoms with Gasteiger partial charge in [-0.05, 0) is 73.2 Å². The van der Waals surface area contributed by atoms with Crippen LogP contribution in [0.25, 0.3) is 10.9 Å². The predicted molar refractivity (Wildman–Crippen MR) is 104 cm³/mol. The first-order valence-electron chi connectivity index (χ1n) is 8.70. The molecule has 0 saturated heterocycles. The fourth-order valence-electron chi connectivity index (χ4n) is 3.36. The summed E-state index contributed by atoms with van der Waals surface area (Å²) in [5, 5.41) is 4.61. The fraction of sp³-hybridized carbons (Fsp3) is 0.238. The number of fused-ring (bicyclic) bond motifs is 2. The number of carbonyl (C=O) groups is 1. The summed E-state index contributed by atoms with van der Waals surface area (Å²) in [6.07, 6.45) is 3.48. The van der Waals surface area contributed by atoms with Crippen LogP contribution in [0.4, 0.5) is 10.1 Å². The maximum absolute atomic E-state index is 13.6. The molecule has 0 spiro atoms. The standard InChI is InChI=1S/C21H19FN2OS/c1-13-9-16-10-14-5-4-6-15(14)11-19(16)24-21(13)26-12-20(25)23-18-8-3-2-7-17(18)22/h2-3,7-11H,4-6,12H2,1H3,(H,23,25). The number of aryl methyl sites for hydroxylation is 3. The summed E-state index contributed by atoms with van der Waals surface area (Å²) < 4.78 is 13.6. The Morgan fingerprint density at radius 3 is 2.77 bits per heavy atom. The number of anilines is 1. The first-order chi connectivity index (χ1) is 12.6. The average molecular weight is 366 g/mol. The first kappa shape index (κ1) is 17.0. The van der Waals surface area contributed by atoms with Crippen LogP contribution in [-0.4, -0.2) is 16.6 Å². The smallest absolute Gasteiger partial charge is 0.234 e. The molecule has 132 valence electrons. The zero-order valence-electron chi connectivity index (χ0n) is 14.5. The molecule has 26 heavy (non-hydrogen) atoms. The van der Waals surface area contributed by atoms with Crippen molar-refractivity contribution in [3.05, 3.63) is 65.0 Å². The highest BCUT2D eigenvalue weighted by Gasteiger charge is 2.14. The van der Waals surface area contributed by atoms with Gasteiger partial charge < -0.3 is 5.32 Å². The van der Waals surface area contributed by atoms with Crippen LogP contribution in [-0.2, 0) is 17.6 Å². The van der Waals surface area contributed by atoms with Gasteiger partial charge in [-0.1, -0.05) is 23.9 Å². The van der Waals surface area contributed by atoms with E-state index in [0.717, 1.165) is 34.3 Å². The third-order valence-corrected chi connectivity index (χ3v) is 5.75. The Balaban J connectivity index is 1.50. The van der Waals surface area contributed by atoms with Crippen LogP contribution in [0.15, 0.2) is 47.5 Å². The number of hydrogen-bond acceptors (Lipinski definition) is 3. The molecule has 1 aliphatic rings. The number of amides is 1. The van der Waals surface area contributed by atoms with Gasteiger partial charge in [-0.25, -0.2) is 9.37 Å². The van der Waals surface area contributed by atoms with Crippen LogP contribution in [0.1, 0.15) is 23.1 Å². The van der Waals surface area contributed by atoms with Crippen molar-refractivity contribution in [3.8, 4) is 0 Å². The molecule has 0 atom stereocenters. The maximum Gasteiger partial charge on any atom is 0.234 e. The van der Waals surface area contributed by atoms with Gasteiger partial charge in [0.05, 0.1) is 17.0 Å². The van der Waals surface area contributed by atoms with E-state index in [0.29, 0.717) is 0 Å². The zero-order valence-corrected chi connectivity index (χ0v) is 15.3. The molecule has 5 heteroatoms. The molecule has 1 heterocycles.